The first kappa shape index (κ1) is 22.5. The molecule has 2 aromatic carbocycles. The summed E-state index contributed by atoms with van der Waals surface area (Å²) in [6.07, 6.45) is -2.05. The summed E-state index contributed by atoms with van der Waals surface area (Å²) in [6, 6.07) is 9.70. The second kappa shape index (κ2) is 9.04. The standard InChI is InChI=1S/C22H19F3N4O4/c23-22(24,25)33-16-4-2-15(3-5-16)28-21(32)13-1-6-18(29-10-19(30)20(31)11-29)17(7-13)14-8-26-12-27-9-14/h1-9,12,19-20,30-31H,10-11H2,(H,28,32)/t19-,20-/m0/s1. The minimum absolute atomic E-state index is 0.222. The van der Waals surface area contributed by atoms with E-state index >= 15 is 0 Å². The molecule has 1 fully saturated rings. The monoisotopic (exact) mass is 460 g/mol. The lowest BCUT2D eigenvalue weighted by atomic mass is 10.0. The zero-order valence-corrected chi connectivity index (χ0v) is 17.0. The Morgan fingerprint density at radius 3 is 2.27 bits per heavy atom. The third kappa shape index (κ3) is 5.38. The number of carbonyl (C=O) groups excluding carboxylic acids is 1. The summed E-state index contributed by atoms with van der Waals surface area (Å²) >= 11 is 0. The van der Waals surface area contributed by atoms with Gasteiger partial charge in [0.05, 0.1) is 12.2 Å². The van der Waals surface area contributed by atoms with Crippen LogP contribution in [0.25, 0.3) is 11.1 Å². The van der Waals surface area contributed by atoms with Gasteiger partial charge in [-0.05, 0) is 42.5 Å². The van der Waals surface area contributed by atoms with Crippen LogP contribution in [0.5, 0.6) is 5.75 Å². The van der Waals surface area contributed by atoms with Crippen LogP contribution in [0.4, 0.5) is 24.5 Å². The molecule has 0 bridgehead atoms. The first-order chi connectivity index (χ1) is 15.7. The van der Waals surface area contributed by atoms with Gasteiger partial charge in [0.15, 0.2) is 0 Å². The third-order valence-electron chi connectivity index (χ3n) is 5.08. The highest BCUT2D eigenvalue weighted by Crippen LogP contribution is 2.34. The number of nitrogens with zero attached hydrogens (tertiary/aromatic N) is 3. The normalized spacial score (nSPS) is 18.3. The highest BCUT2D eigenvalue weighted by atomic mass is 19.4. The number of anilines is 2. The van der Waals surface area contributed by atoms with E-state index in [9.17, 15) is 28.2 Å². The van der Waals surface area contributed by atoms with Crippen molar-refractivity contribution in [1.29, 1.82) is 0 Å². The number of halogens is 3. The van der Waals surface area contributed by atoms with Crippen LogP contribution in [0.2, 0.25) is 0 Å². The number of benzene rings is 2. The Kier molecular flexibility index (Phi) is 6.16. The molecule has 3 aromatic rings. The van der Waals surface area contributed by atoms with Gasteiger partial charge in [-0.15, -0.1) is 13.2 Å². The van der Waals surface area contributed by atoms with Crippen LogP contribution in [-0.4, -0.2) is 57.7 Å². The zero-order valence-electron chi connectivity index (χ0n) is 17.0. The second-order valence-electron chi connectivity index (χ2n) is 7.43. The Hall–Kier alpha value is -3.70. The number of amides is 1. The number of carbonyl (C=O) groups is 1. The smallest absolute Gasteiger partial charge is 0.406 e. The van der Waals surface area contributed by atoms with Crippen molar-refractivity contribution in [3.8, 4) is 16.9 Å². The molecular weight excluding hydrogens is 441 g/mol. The molecule has 0 aliphatic carbocycles. The number of rotatable bonds is 5. The lowest BCUT2D eigenvalue weighted by Gasteiger charge is -2.22. The maximum absolute atomic E-state index is 12.8. The van der Waals surface area contributed by atoms with E-state index in [4.69, 9.17) is 0 Å². The molecule has 11 heteroatoms. The van der Waals surface area contributed by atoms with Gasteiger partial charge in [0, 0.05) is 53.5 Å². The molecule has 1 amide bonds. The summed E-state index contributed by atoms with van der Waals surface area (Å²) in [6.45, 7) is 0.444. The SMILES string of the molecule is O=C(Nc1ccc(OC(F)(F)F)cc1)c1ccc(N2C[C@H](O)[C@@H](O)C2)c(-c2cncnc2)c1. The van der Waals surface area contributed by atoms with Gasteiger partial charge >= 0.3 is 6.36 Å². The molecule has 2 heterocycles. The molecule has 33 heavy (non-hydrogen) atoms. The summed E-state index contributed by atoms with van der Waals surface area (Å²) in [4.78, 5) is 22.6. The van der Waals surface area contributed by atoms with Crippen molar-refractivity contribution in [2.24, 2.45) is 0 Å². The number of aliphatic hydroxyl groups excluding tert-OH is 2. The number of nitrogens with one attached hydrogen (secondary N) is 1. The van der Waals surface area contributed by atoms with Crippen LogP contribution in [0.15, 0.2) is 61.2 Å². The number of β-amino-alcohol motifs (C(OH)–C–C–N with tert-alkyl or cyclic N) is 2. The second-order valence-corrected chi connectivity index (χ2v) is 7.43. The molecule has 0 saturated carbocycles. The number of ether oxygens (including phenoxy) is 1. The number of aromatic nitrogens is 2. The van der Waals surface area contributed by atoms with Crippen molar-refractivity contribution in [3.05, 3.63) is 66.7 Å². The van der Waals surface area contributed by atoms with Crippen molar-refractivity contribution >= 4 is 17.3 Å². The van der Waals surface area contributed by atoms with Crippen LogP contribution in [-0.2, 0) is 0 Å². The summed E-state index contributed by atoms with van der Waals surface area (Å²) in [5.74, 6) is -0.878. The summed E-state index contributed by atoms with van der Waals surface area (Å²) < 4.78 is 40.7. The van der Waals surface area contributed by atoms with Gasteiger partial charge in [-0.3, -0.25) is 4.79 Å². The van der Waals surface area contributed by atoms with Crippen molar-refractivity contribution in [1.82, 2.24) is 9.97 Å². The van der Waals surface area contributed by atoms with Crippen molar-refractivity contribution in [3.63, 3.8) is 0 Å². The predicted octanol–water partition coefficient (Wildman–Crippen LogP) is 2.84. The highest BCUT2D eigenvalue weighted by molar-refractivity contribution is 6.05. The molecule has 0 radical (unpaired) electrons. The first-order valence-corrected chi connectivity index (χ1v) is 9.87. The molecule has 1 saturated heterocycles. The highest BCUT2D eigenvalue weighted by Gasteiger charge is 2.32. The summed E-state index contributed by atoms with van der Waals surface area (Å²) in [5.41, 5.74) is 2.51. The topological polar surface area (TPSA) is 108 Å². The van der Waals surface area contributed by atoms with E-state index < -0.39 is 30.2 Å². The van der Waals surface area contributed by atoms with Gasteiger partial charge in [-0.1, -0.05) is 0 Å². The molecule has 1 aliphatic heterocycles. The molecule has 0 unspecified atom stereocenters. The van der Waals surface area contributed by atoms with Crippen LogP contribution >= 0.6 is 0 Å². The van der Waals surface area contributed by atoms with E-state index in [1.165, 1.54) is 18.5 Å². The fourth-order valence-corrected chi connectivity index (χ4v) is 3.53. The van der Waals surface area contributed by atoms with Gasteiger partial charge in [-0.25, -0.2) is 9.97 Å². The maximum atomic E-state index is 12.8. The van der Waals surface area contributed by atoms with Crippen LogP contribution < -0.4 is 15.0 Å². The molecule has 0 spiro atoms. The largest absolute Gasteiger partial charge is 0.573 e. The fraction of sp³-hybridized carbons (Fsp3) is 0.227. The number of hydrogen-bond acceptors (Lipinski definition) is 7. The molecular formula is C22H19F3N4O4. The van der Waals surface area contributed by atoms with Crippen LogP contribution in [0, 0.1) is 0 Å². The Labute approximate surface area is 186 Å². The summed E-state index contributed by atoms with van der Waals surface area (Å²) in [7, 11) is 0. The summed E-state index contributed by atoms with van der Waals surface area (Å²) in [5, 5.41) is 22.5. The van der Waals surface area contributed by atoms with E-state index in [1.807, 2.05) is 0 Å². The molecule has 172 valence electrons. The lowest BCUT2D eigenvalue weighted by Crippen LogP contribution is -2.22. The first-order valence-electron chi connectivity index (χ1n) is 9.87. The Balaban J connectivity index is 1.58. The molecule has 8 nitrogen and oxygen atoms in total. The number of hydrogen-bond donors (Lipinski definition) is 3. The number of aliphatic hydroxyl groups is 2. The van der Waals surface area contributed by atoms with Gasteiger partial charge < -0.3 is 25.2 Å². The van der Waals surface area contributed by atoms with E-state index in [2.05, 4.69) is 20.0 Å². The fourth-order valence-electron chi connectivity index (χ4n) is 3.53. The molecule has 1 aliphatic rings. The van der Waals surface area contributed by atoms with Gasteiger partial charge in [0.25, 0.3) is 5.91 Å². The van der Waals surface area contributed by atoms with E-state index in [0.717, 1.165) is 12.1 Å². The zero-order chi connectivity index (χ0) is 23.6. The molecule has 4 rings (SSSR count). The Bertz CT molecular complexity index is 1120. The number of alkyl halides is 3. The minimum atomic E-state index is -4.80. The third-order valence-corrected chi connectivity index (χ3v) is 5.08. The Morgan fingerprint density at radius 1 is 1.03 bits per heavy atom. The van der Waals surface area contributed by atoms with E-state index in [-0.39, 0.29) is 24.3 Å². The van der Waals surface area contributed by atoms with Crippen molar-refractivity contribution in [2.45, 2.75) is 18.6 Å². The Morgan fingerprint density at radius 2 is 1.67 bits per heavy atom. The van der Waals surface area contributed by atoms with Crippen LogP contribution in [0.3, 0.4) is 0 Å². The maximum Gasteiger partial charge on any atom is 0.573 e. The van der Waals surface area contributed by atoms with Crippen LogP contribution in [0.1, 0.15) is 10.4 Å². The average Bonchev–Trinajstić information content (AvgIpc) is 3.12. The van der Waals surface area contributed by atoms with E-state index in [1.54, 1.807) is 35.5 Å². The average molecular weight is 460 g/mol. The van der Waals surface area contributed by atoms with Gasteiger partial charge in [0.1, 0.15) is 12.1 Å². The minimum Gasteiger partial charge on any atom is -0.406 e. The predicted molar refractivity (Wildman–Crippen MR) is 113 cm³/mol. The van der Waals surface area contributed by atoms with Crippen molar-refractivity contribution < 1.29 is 32.9 Å². The van der Waals surface area contributed by atoms with E-state index in [0.29, 0.717) is 16.8 Å². The molecule has 1 aromatic heterocycles. The molecule has 3 N–H and O–H groups in total. The molecule has 2 atom stereocenters. The quantitative estimate of drug-likeness (QED) is 0.538. The van der Waals surface area contributed by atoms with Gasteiger partial charge in [-0.2, -0.15) is 0 Å². The van der Waals surface area contributed by atoms with Crippen molar-refractivity contribution in [2.75, 3.05) is 23.3 Å². The van der Waals surface area contributed by atoms with Gasteiger partial charge in [0.2, 0.25) is 0 Å². The lowest BCUT2D eigenvalue weighted by molar-refractivity contribution is -0.274.